The van der Waals surface area contributed by atoms with E-state index in [-0.39, 0.29) is 0 Å². The van der Waals surface area contributed by atoms with Gasteiger partial charge in [-0.3, -0.25) is 0 Å². The molecule has 0 fully saturated rings. The highest BCUT2D eigenvalue weighted by Gasteiger charge is 2.08. The molecule has 1 aromatic carbocycles. The number of rotatable bonds is 4. The minimum atomic E-state index is 0.445. The number of ether oxygens (including phenoxy) is 2. The zero-order chi connectivity index (χ0) is 12.1. The molecule has 0 bridgehead atoms. The maximum atomic E-state index is 6.01. The maximum absolute atomic E-state index is 6.01. The molecule has 0 saturated heterocycles. The first-order valence-electron chi connectivity index (χ1n) is 4.21. The predicted octanol–water partition coefficient (Wildman–Crippen LogP) is 5.12. The zero-order valence-electron chi connectivity index (χ0n) is 8.27. The van der Waals surface area contributed by atoms with Crippen molar-refractivity contribution in [3.05, 3.63) is 31.1 Å². The molecule has 6 heteroatoms. The number of benzene rings is 1. The molecule has 0 heterocycles. The third kappa shape index (κ3) is 4.28. The van der Waals surface area contributed by atoms with Gasteiger partial charge < -0.3 is 9.47 Å². The van der Waals surface area contributed by atoms with Crippen molar-refractivity contribution in [2.75, 3.05) is 13.7 Å². The molecule has 1 aromatic rings. The Balaban J connectivity index is 2.80. The summed E-state index contributed by atoms with van der Waals surface area (Å²) in [5, 5.41) is 0.508. The molecule has 0 amide bonds. The Labute approximate surface area is 124 Å². The van der Waals surface area contributed by atoms with Gasteiger partial charge >= 0.3 is 0 Å². The van der Waals surface area contributed by atoms with E-state index in [1.807, 2.05) is 6.08 Å². The molecule has 0 atom stereocenters. The van der Waals surface area contributed by atoms with Crippen LogP contribution in [0.25, 0.3) is 0 Å². The first-order chi connectivity index (χ1) is 7.54. The van der Waals surface area contributed by atoms with Gasteiger partial charge in [-0.05, 0) is 59.9 Å². The van der Waals surface area contributed by atoms with E-state index in [0.29, 0.717) is 23.1 Å². The van der Waals surface area contributed by atoms with E-state index < -0.39 is 0 Å². The lowest BCUT2D eigenvalue weighted by Gasteiger charge is -2.09. The van der Waals surface area contributed by atoms with Crippen LogP contribution in [0.2, 0.25) is 5.02 Å². The summed E-state index contributed by atoms with van der Waals surface area (Å²) in [6, 6.07) is 3.52. The first kappa shape index (κ1) is 14.4. The first-order valence-corrected chi connectivity index (χ1v) is 6.97. The summed E-state index contributed by atoms with van der Waals surface area (Å²) in [6.45, 7) is 0.445. The Bertz CT molecular complexity index is 380. The van der Waals surface area contributed by atoms with E-state index in [4.69, 9.17) is 21.1 Å². The van der Waals surface area contributed by atoms with Crippen molar-refractivity contribution < 1.29 is 9.47 Å². The molecule has 0 unspecified atom stereocenters. The van der Waals surface area contributed by atoms with Gasteiger partial charge in [-0.2, -0.15) is 0 Å². The van der Waals surface area contributed by atoms with Crippen molar-refractivity contribution in [2.45, 2.75) is 0 Å². The summed E-state index contributed by atoms with van der Waals surface area (Å²) in [6.07, 6.45) is 1.84. The lowest BCUT2D eigenvalue weighted by atomic mass is 10.3. The van der Waals surface area contributed by atoms with Gasteiger partial charge in [0, 0.05) is 6.07 Å². The molecular weight excluding hydrogens is 427 g/mol. The summed E-state index contributed by atoms with van der Waals surface area (Å²) in [4.78, 5) is 0. The van der Waals surface area contributed by atoms with Crippen LogP contribution in [0.3, 0.4) is 0 Å². The lowest BCUT2D eigenvalue weighted by Crippen LogP contribution is -1.94. The third-order valence-electron chi connectivity index (χ3n) is 1.66. The molecule has 16 heavy (non-hydrogen) atoms. The Hall–Kier alpha value is 0.290. The van der Waals surface area contributed by atoms with Crippen LogP contribution in [-0.4, -0.2) is 13.7 Å². The van der Waals surface area contributed by atoms with Crippen molar-refractivity contribution in [3.63, 3.8) is 0 Å². The second kappa shape index (κ2) is 6.89. The van der Waals surface area contributed by atoms with Crippen molar-refractivity contribution >= 4 is 59.4 Å². The average Bonchev–Trinajstić information content (AvgIpc) is 2.16. The molecule has 0 aliphatic rings. The predicted molar refractivity (Wildman–Crippen MR) is 77.1 cm³/mol. The van der Waals surface area contributed by atoms with E-state index in [1.54, 1.807) is 19.2 Å². The van der Waals surface area contributed by atoms with Gasteiger partial charge in [-0.1, -0.05) is 11.6 Å². The Morgan fingerprint density at radius 2 is 2.12 bits per heavy atom. The van der Waals surface area contributed by atoms with Crippen LogP contribution < -0.4 is 9.47 Å². The highest BCUT2D eigenvalue weighted by Crippen LogP contribution is 2.36. The second-order valence-corrected chi connectivity index (χ2v) is 6.76. The summed E-state index contributed by atoms with van der Waals surface area (Å²) >= 11 is 15.8. The fourth-order valence-electron chi connectivity index (χ4n) is 1.02. The largest absolute Gasteiger partial charge is 0.494 e. The Morgan fingerprint density at radius 1 is 1.44 bits per heavy atom. The summed E-state index contributed by atoms with van der Waals surface area (Å²) in [7, 11) is 1.57. The molecule has 0 spiro atoms. The molecule has 0 aliphatic heterocycles. The van der Waals surface area contributed by atoms with Crippen molar-refractivity contribution in [2.24, 2.45) is 0 Å². The van der Waals surface area contributed by atoms with E-state index in [9.17, 15) is 0 Å². The highest BCUT2D eigenvalue weighted by molar-refractivity contribution is 9.28. The highest BCUT2D eigenvalue weighted by atomic mass is 79.9. The number of hydrogen-bond donors (Lipinski definition) is 0. The SMILES string of the molecule is COc1c(Cl)cc(OCC=C(Br)Br)cc1Br. The molecule has 0 N–H and O–H groups in total. The topological polar surface area (TPSA) is 18.5 Å². The zero-order valence-corrected chi connectivity index (χ0v) is 13.8. The molecule has 0 saturated carbocycles. The minimum Gasteiger partial charge on any atom is -0.494 e. The number of methoxy groups -OCH3 is 1. The summed E-state index contributed by atoms with van der Waals surface area (Å²) < 4.78 is 12.2. The van der Waals surface area contributed by atoms with Gasteiger partial charge in [0.25, 0.3) is 0 Å². The van der Waals surface area contributed by atoms with E-state index in [2.05, 4.69) is 47.8 Å². The van der Waals surface area contributed by atoms with Crippen molar-refractivity contribution in [1.82, 2.24) is 0 Å². The monoisotopic (exact) mass is 432 g/mol. The third-order valence-corrected chi connectivity index (χ3v) is 3.18. The van der Waals surface area contributed by atoms with Crippen molar-refractivity contribution in [3.8, 4) is 11.5 Å². The van der Waals surface area contributed by atoms with Crippen LogP contribution in [0.1, 0.15) is 0 Å². The molecule has 2 nitrogen and oxygen atoms in total. The van der Waals surface area contributed by atoms with Gasteiger partial charge in [0.2, 0.25) is 0 Å². The molecule has 0 aliphatic carbocycles. The molecule has 0 radical (unpaired) electrons. The maximum Gasteiger partial charge on any atom is 0.151 e. The van der Waals surface area contributed by atoms with Gasteiger partial charge in [-0.15, -0.1) is 0 Å². The van der Waals surface area contributed by atoms with Crippen molar-refractivity contribution in [1.29, 1.82) is 0 Å². The quantitative estimate of drug-likeness (QED) is 0.654. The average molecular weight is 435 g/mol. The van der Waals surface area contributed by atoms with Gasteiger partial charge in [0.1, 0.15) is 12.4 Å². The Kier molecular flexibility index (Phi) is 6.18. The van der Waals surface area contributed by atoms with Gasteiger partial charge in [-0.25, -0.2) is 0 Å². The minimum absolute atomic E-state index is 0.445. The fourth-order valence-corrected chi connectivity index (χ4v) is 2.28. The van der Waals surface area contributed by atoms with Crippen LogP contribution in [0.4, 0.5) is 0 Å². The molecule has 88 valence electrons. The molecular formula is C10H8Br3ClO2. The summed E-state index contributed by atoms with van der Waals surface area (Å²) in [5.74, 6) is 1.28. The van der Waals surface area contributed by atoms with Crippen LogP contribution in [0.5, 0.6) is 11.5 Å². The van der Waals surface area contributed by atoms with Crippen LogP contribution >= 0.6 is 59.4 Å². The number of hydrogen-bond acceptors (Lipinski definition) is 2. The van der Waals surface area contributed by atoms with E-state index in [1.165, 1.54) is 0 Å². The fraction of sp³-hybridized carbons (Fsp3) is 0.200. The van der Waals surface area contributed by atoms with Crippen LogP contribution in [0, 0.1) is 0 Å². The van der Waals surface area contributed by atoms with Crippen LogP contribution in [-0.2, 0) is 0 Å². The van der Waals surface area contributed by atoms with E-state index in [0.717, 1.165) is 7.86 Å². The second-order valence-electron chi connectivity index (χ2n) is 2.72. The normalized spacial score (nSPS) is 9.81. The smallest absolute Gasteiger partial charge is 0.151 e. The molecule has 1 rings (SSSR count). The lowest BCUT2D eigenvalue weighted by molar-refractivity contribution is 0.360. The molecule has 0 aromatic heterocycles. The standard InChI is InChI=1S/C10H8Br3ClO2/c1-15-10-7(11)4-6(5-8(10)14)16-3-2-9(12)13/h2,4-5H,3H2,1H3. The Morgan fingerprint density at radius 3 is 2.62 bits per heavy atom. The van der Waals surface area contributed by atoms with Crippen LogP contribution in [0.15, 0.2) is 26.1 Å². The van der Waals surface area contributed by atoms with E-state index >= 15 is 0 Å². The number of halogens is 4. The summed E-state index contributed by atoms with van der Waals surface area (Å²) in [5.41, 5.74) is 0. The van der Waals surface area contributed by atoms with Gasteiger partial charge in [0.05, 0.1) is 20.0 Å². The van der Waals surface area contributed by atoms with Gasteiger partial charge in [0.15, 0.2) is 5.75 Å².